The van der Waals surface area contributed by atoms with E-state index in [0.29, 0.717) is 12.0 Å². The van der Waals surface area contributed by atoms with Crippen molar-refractivity contribution in [3.63, 3.8) is 0 Å². The molecule has 1 aromatic rings. The molecular formula is C19H29NO. The summed E-state index contributed by atoms with van der Waals surface area (Å²) in [5.74, 6) is 0.943. The van der Waals surface area contributed by atoms with E-state index in [-0.39, 0.29) is 5.91 Å². The highest BCUT2D eigenvalue weighted by atomic mass is 16.2. The van der Waals surface area contributed by atoms with Crippen LogP contribution in [0.5, 0.6) is 0 Å². The first-order valence-electron chi connectivity index (χ1n) is 8.45. The zero-order valence-corrected chi connectivity index (χ0v) is 13.8. The Bertz CT molecular complexity index is 466. The highest BCUT2D eigenvalue weighted by molar-refractivity contribution is 5.94. The molecule has 1 unspecified atom stereocenters. The standard InChI is InChI=1S/C19H29NO/c1-15(2)11-12-18-10-5-4-6-13-20(18)19(21)17-9-7-8-16(3)14-17/h7-9,14-15,18H,4-6,10-13H2,1-3H3. The van der Waals surface area contributed by atoms with Gasteiger partial charge in [0.1, 0.15) is 0 Å². The average molecular weight is 287 g/mol. The van der Waals surface area contributed by atoms with E-state index in [1.165, 1.54) is 25.7 Å². The minimum absolute atomic E-state index is 0.231. The van der Waals surface area contributed by atoms with E-state index in [9.17, 15) is 4.79 Å². The molecule has 2 heteroatoms. The molecule has 0 aromatic heterocycles. The third-order valence-electron chi connectivity index (χ3n) is 4.48. The van der Waals surface area contributed by atoms with Crippen molar-refractivity contribution < 1.29 is 4.79 Å². The van der Waals surface area contributed by atoms with Gasteiger partial charge >= 0.3 is 0 Å². The quantitative estimate of drug-likeness (QED) is 0.777. The number of carbonyl (C=O) groups is 1. The molecule has 116 valence electrons. The van der Waals surface area contributed by atoms with Crippen LogP contribution in [0, 0.1) is 12.8 Å². The fourth-order valence-electron chi connectivity index (χ4n) is 3.21. The van der Waals surface area contributed by atoms with E-state index < -0.39 is 0 Å². The van der Waals surface area contributed by atoms with E-state index in [4.69, 9.17) is 0 Å². The number of carbonyl (C=O) groups excluding carboxylic acids is 1. The van der Waals surface area contributed by atoms with Crippen molar-refractivity contribution in [2.75, 3.05) is 6.54 Å². The van der Waals surface area contributed by atoms with Crippen LogP contribution >= 0.6 is 0 Å². The number of nitrogens with zero attached hydrogens (tertiary/aromatic N) is 1. The summed E-state index contributed by atoms with van der Waals surface area (Å²) in [6.45, 7) is 7.51. The number of likely N-dealkylation sites (tertiary alicyclic amines) is 1. The molecule has 2 nitrogen and oxygen atoms in total. The molecule has 1 amide bonds. The van der Waals surface area contributed by atoms with Gasteiger partial charge < -0.3 is 4.90 Å². The maximum atomic E-state index is 12.9. The minimum atomic E-state index is 0.231. The van der Waals surface area contributed by atoms with E-state index in [2.05, 4.69) is 31.7 Å². The molecule has 1 aromatic carbocycles. The van der Waals surface area contributed by atoms with Gasteiger partial charge in [-0.2, -0.15) is 0 Å². The fraction of sp³-hybridized carbons (Fsp3) is 0.632. The van der Waals surface area contributed by atoms with Gasteiger partial charge in [0.2, 0.25) is 0 Å². The van der Waals surface area contributed by atoms with Gasteiger partial charge in [0, 0.05) is 18.2 Å². The molecule has 1 aliphatic heterocycles. The lowest BCUT2D eigenvalue weighted by molar-refractivity contribution is 0.0668. The second kappa shape index (κ2) is 7.63. The predicted molar refractivity (Wildman–Crippen MR) is 88.5 cm³/mol. The first-order chi connectivity index (χ1) is 10.1. The first-order valence-corrected chi connectivity index (χ1v) is 8.45. The van der Waals surface area contributed by atoms with Crippen LogP contribution in [0.4, 0.5) is 0 Å². The third-order valence-corrected chi connectivity index (χ3v) is 4.48. The van der Waals surface area contributed by atoms with Gasteiger partial charge in [-0.3, -0.25) is 4.79 Å². The Morgan fingerprint density at radius 2 is 2.10 bits per heavy atom. The Kier molecular flexibility index (Phi) is 5.84. The van der Waals surface area contributed by atoms with Crippen molar-refractivity contribution in [3.8, 4) is 0 Å². The summed E-state index contributed by atoms with van der Waals surface area (Å²) in [4.78, 5) is 15.0. The zero-order valence-electron chi connectivity index (χ0n) is 13.8. The first kappa shape index (κ1) is 16.1. The van der Waals surface area contributed by atoms with Crippen molar-refractivity contribution in [1.29, 1.82) is 0 Å². The van der Waals surface area contributed by atoms with Gasteiger partial charge in [-0.05, 0) is 50.7 Å². The van der Waals surface area contributed by atoms with E-state index in [1.807, 2.05) is 18.2 Å². The summed E-state index contributed by atoms with van der Waals surface area (Å²) < 4.78 is 0. The van der Waals surface area contributed by atoms with Gasteiger partial charge in [-0.25, -0.2) is 0 Å². The zero-order chi connectivity index (χ0) is 15.2. The summed E-state index contributed by atoms with van der Waals surface area (Å²) in [6.07, 6.45) is 7.20. The number of benzene rings is 1. The summed E-state index contributed by atoms with van der Waals surface area (Å²) in [7, 11) is 0. The molecule has 21 heavy (non-hydrogen) atoms. The largest absolute Gasteiger partial charge is 0.336 e. The topological polar surface area (TPSA) is 20.3 Å². The molecule has 0 aliphatic carbocycles. The van der Waals surface area contributed by atoms with Gasteiger partial charge in [0.15, 0.2) is 0 Å². The molecule has 0 spiro atoms. The van der Waals surface area contributed by atoms with Crippen molar-refractivity contribution in [2.24, 2.45) is 5.92 Å². The average Bonchev–Trinajstić information content (AvgIpc) is 2.69. The smallest absolute Gasteiger partial charge is 0.254 e. The molecule has 2 rings (SSSR count). The summed E-state index contributed by atoms with van der Waals surface area (Å²) in [6, 6.07) is 8.45. The lowest BCUT2D eigenvalue weighted by Gasteiger charge is -2.31. The van der Waals surface area contributed by atoms with Crippen LogP contribution in [0.25, 0.3) is 0 Å². The third kappa shape index (κ3) is 4.59. The summed E-state index contributed by atoms with van der Waals surface area (Å²) >= 11 is 0. The molecule has 1 aliphatic rings. The van der Waals surface area contributed by atoms with Gasteiger partial charge in [0.25, 0.3) is 5.91 Å². The maximum absolute atomic E-state index is 12.9. The molecule has 1 fully saturated rings. The minimum Gasteiger partial charge on any atom is -0.336 e. The van der Waals surface area contributed by atoms with E-state index in [1.54, 1.807) is 0 Å². The molecular weight excluding hydrogens is 258 g/mol. The summed E-state index contributed by atoms with van der Waals surface area (Å²) in [5, 5.41) is 0. The molecule has 0 radical (unpaired) electrons. The fourth-order valence-corrected chi connectivity index (χ4v) is 3.21. The highest BCUT2D eigenvalue weighted by Gasteiger charge is 2.26. The van der Waals surface area contributed by atoms with Crippen LogP contribution in [-0.2, 0) is 0 Å². The summed E-state index contributed by atoms with van der Waals surface area (Å²) in [5.41, 5.74) is 2.01. The van der Waals surface area contributed by atoms with E-state index >= 15 is 0 Å². The Morgan fingerprint density at radius 1 is 1.29 bits per heavy atom. The molecule has 0 saturated carbocycles. The van der Waals surface area contributed by atoms with Crippen LogP contribution in [0.2, 0.25) is 0 Å². The van der Waals surface area contributed by atoms with Crippen molar-refractivity contribution >= 4 is 5.91 Å². The molecule has 1 heterocycles. The molecule has 1 saturated heterocycles. The Labute approximate surface area is 129 Å². The lowest BCUT2D eigenvalue weighted by Crippen LogP contribution is -2.40. The lowest BCUT2D eigenvalue weighted by atomic mass is 9.98. The SMILES string of the molecule is Cc1cccc(C(=O)N2CCCCCC2CCC(C)C)c1. The number of hydrogen-bond donors (Lipinski definition) is 0. The van der Waals surface area contributed by atoms with E-state index in [0.717, 1.165) is 30.5 Å². The number of rotatable bonds is 4. The number of amides is 1. The van der Waals surface area contributed by atoms with Gasteiger partial charge in [-0.15, -0.1) is 0 Å². The number of aryl methyl sites for hydroxylation is 1. The van der Waals surface area contributed by atoms with Crippen LogP contribution in [0.15, 0.2) is 24.3 Å². The molecule has 0 N–H and O–H groups in total. The Balaban J connectivity index is 2.13. The van der Waals surface area contributed by atoms with Crippen LogP contribution < -0.4 is 0 Å². The van der Waals surface area contributed by atoms with Crippen LogP contribution in [-0.4, -0.2) is 23.4 Å². The van der Waals surface area contributed by atoms with Crippen molar-refractivity contribution in [2.45, 2.75) is 65.3 Å². The second-order valence-electron chi connectivity index (χ2n) is 6.84. The highest BCUT2D eigenvalue weighted by Crippen LogP contribution is 2.24. The van der Waals surface area contributed by atoms with Crippen LogP contribution in [0.1, 0.15) is 68.3 Å². The van der Waals surface area contributed by atoms with Gasteiger partial charge in [0.05, 0.1) is 0 Å². The van der Waals surface area contributed by atoms with Crippen LogP contribution in [0.3, 0.4) is 0 Å². The normalized spacial score (nSPS) is 19.6. The number of hydrogen-bond acceptors (Lipinski definition) is 1. The monoisotopic (exact) mass is 287 g/mol. The predicted octanol–water partition coefficient (Wildman–Crippen LogP) is 4.82. The maximum Gasteiger partial charge on any atom is 0.254 e. The molecule has 0 bridgehead atoms. The van der Waals surface area contributed by atoms with Gasteiger partial charge in [-0.1, -0.05) is 44.4 Å². The van der Waals surface area contributed by atoms with Crippen molar-refractivity contribution in [3.05, 3.63) is 35.4 Å². The Hall–Kier alpha value is -1.31. The second-order valence-corrected chi connectivity index (χ2v) is 6.84. The Morgan fingerprint density at radius 3 is 2.81 bits per heavy atom. The van der Waals surface area contributed by atoms with Crippen molar-refractivity contribution in [1.82, 2.24) is 4.90 Å². The molecule has 1 atom stereocenters.